The molecule has 2 unspecified atom stereocenters. The van der Waals surface area contributed by atoms with E-state index in [1.807, 2.05) is 0 Å². The largest absolute Gasteiger partial charge is 0.312 e. The zero-order valence-electron chi connectivity index (χ0n) is 13.1. The Labute approximate surface area is 118 Å². The summed E-state index contributed by atoms with van der Waals surface area (Å²) < 4.78 is 0. The molecule has 2 atom stereocenters. The molecule has 1 N–H and O–H groups in total. The van der Waals surface area contributed by atoms with Crippen LogP contribution in [-0.4, -0.2) is 6.54 Å². The molecule has 0 amide bonds. The highest BCUT2D eigenvalue weighted by Crippen LogP contribution is 2.29. The van der Waals surface area contributed by atoms with Crippen molar-refractivity contribution >= 4 is 0 Å². The molecule has 0 heterocycles. The highest BCUT2D eigenvalue weighted by molar-refractivity contribution is 5.37. The molecule has 1 nitrogen and oxygen atoms in total. The Morgan fingerprint density at radius 1 is 1.05 bits per heavy atom. The zero-order chi connectivity index (χ0) is 13.8. The standard InChI is InChI=1S/C18H29N/c1-13-9-15(3)18(16(4)10-13)12-19-11-17-8-6-5-7-14(17)2/h9-10,14,17,19H,5-8,11-12H2,1-4H3. The first-order valence-corrected chi connectivity index (χ1v) is 7.85. The Morgan fingerprint density at radius 3 is 2.32 bits per heavy atom. The molecule has 0 radical (unpaired) electrons. The molecule has 19 heavy (non-hydrogen) atoms. The topological polar surface area (TPSA) is 12.0 Å². The lowest BCUT2D eigenvalue weighted by Gasteiger charge is -2.29. The number of nitrogens with one attached hydrogen (secondary N) is 1. The van der Waals surface area contributed by atoms with Crippen molar-refractivity contribution in [3.8, 4) is 0 Å². The van der Waals surface area contributed by atoms with Gasteiger partial charge >= 0.3 is 0 Å². The maximum absolute atomic E-state index is 3.70. The van der Waals surface area contributed by atoms with Gasteiger partial charge in [0.05, 0.1) is 0 Å². The average Bonchev–Trinajstić information content (AvgIpc) is 2.34. The normalized spacial score (nSPS) is 23.6. The van der Waals surface area contributed by atoms with Crippen LogP contribution < -0.4 is 5.32 Å². The van der Waals surface area contributed by atoms with Gasteiger partial charge in [0.2, 0.25) is 0 Å². The molecular weight excluding hydrogens is 230 g/mol. The van der Waals surface area contributed by atoms with Crippen LogP contribution in [0.25, 0.3) is 0 Å². The minimum atomic E-state index is 0.889. The molecule has 1 heteroatoms. The first kappa shape index (κ1) is 14.6. The van der Waals surface area contributed by atoms with Crippen molar-refractivity contribution < 1.29 is 0 Å². The molecule has 0 spiro atoms. The molecule has 1 aliphatic rings. The van der Waals surface area contributed by atoms with Gasteiger partial charge in [-0.2, -0.15) is 0 Å². The van der Waals surface area contributed by atoms with E-state index in [0.717, 1.165) is 18.4 Å². The molecule has 0 saturated heterocycles. The van der Waals surface area contributed by atoms with Crippen molar-refractivity contribution in [2.24, 2.45) is 11.8 Å². The fourth-order valence-corrected chi connectivity index (χ4v) is 3.57. The smallest absolute Gasteiger partial charge is 0.0210 e. The van der Waals surface area contributed by atoms with E-state index < -0.39 is 0 Å². The van der Waals surface area contributed by atoms with Gasteiger partial charge in [0.1, 0.15) is 0 Å². The fourth-order valence-electron chi connectivity index (χ4n) is 3.57. The lowest BCUT2D eigenvalue weighted by atomic mass is 9.80. The Morgan fingerprint density at radius 2 is 1.68 bits per heavy atom. The molecule has 0 aromatic heterocycles. The lowest BCUT2D eigenvalue weighted by Crippen LogP contribution is -2.29. The molecule has 1 aliphatic carbocycles. The summed E-state index contributed by atoms with van der Waals surface area (Å²) in [5.41, 5.74) is 5.73. The maximum atomic E-state index is 3.70. The summed E-state index contributed by atoms with van der Waals surface area (Å²) in [5.74, 6) is 1.79. The van der Waals surface area contributed by atoms with Crippen molar-refractivity contribution in [1.82, 2.24) is 5.32 Å². The van der Waals surface area contributed by atoms with E-state index in [1.54, 1.807) is 0 Å². The SMILES string of the molecule is Cc1cc(C)c(CNCC2CCCCC2C)c(C)c1. The van der Waals surface area contributed by atoms with E-state index in [9.17, 15) is 0 Å². The highest BCUT2D eigenvalue weighted by Gasteiger charge is 2.20. The van der Waals surface area contributed by atoms with Crippen molar-refractivity contribution in [3.05, 3.63) is 34.4 Å². The van der Waals surface area contributed by atoms with Gasteiger partial charge in [-0.05, 0) is 62.3 Å². The van der Waals surface area contributed by atoms with E-state index in [0.29, 0.717) is 0 Å². The predicted octanol–water partition coefficient (Wildman–Crippen LogP) is 4.53. The van der Waals surface area contributed by atoms with Crippen molar-refractivity contribution in [2.45, 2.75) is 59.9 Å². The minimum absolute atomic E-state index is 0.889. The van der Waals surface area contributed by atoms with Crippen LogP contribution in [0.4, 0.5) is 0 Å². The van der Waals surface area contributed by atoms with Crippen LogP contribution in [0.15, 0.2) is 12.1 Å². The van der Waals surface area contributed by atoms with Crippen molar-refractivity contribution in [2.75, 3.05) is 6.54 Å². The summed E-state index contributed by atoms with van der Waals surface area (Å²) in [6.45, 7) is 11.3. The van der Waals surface area contributed by atoms with Crippen LogP contribution >= 0.6 is 0 Å². The van der Waals surface area contributed by atoms with Gasteiger partial charge in [0.25, 0.3) is 0 Å². The third kappa shape index (κ3) is 3.82. The molecule has 2 rings (SSSR count). The maximum Gasteiger partial charge on any atom is 0.0210 e. The van der Waals surface area contributed by atoms with Crippen LogP contribution in [0.3, 0.4) is 0 Å². The van der Waals surface area contributed by atoms with Crippen LogP contribution in [0, 0.1) is 32.6 Å². The summed E-state index contributed by atoms with van der Waals surface area (Å²) in [6.07, 6.45) is 5.71. The Balaban J connectivity index is 1.89. The molecular formula is C18H29N. The van der Waals surface area contributed by atoms with E-state index >= 15 is 0 Å². The fraction of sp³-hybridized carbons (Fsp3) is 0.667. The second-order valence-electron chi connectivity index (χ2n) is 6.53. The van der Waals surface area contributed by atoms with Crippen LogP contribution in [0.5, 0.6) is 0 Å². The molecule has 1 aromatic carbocycles. The van der Waals surface area contributed by atoms with Crippen LogP contribution in [0.2, 0.25) is 0 Å². The minimum Gasteiger partial charge on any atom is -0.312 e. The summed E-state index contributed by atoms with van der Waals surface area (Å²) in [7, 11) is 0. The highest BCUT2D eigenvalue weighted by atomic mass is 14.9. The van der Waals surface area contributed by atoms with Gasteiger partial charge in [-0.15, -0.1) is 0 Å². The molecule has 1 saturated carbocycles. The first-order valence-electron chi connectivity index (χ1n) is 7.85. The molecule has 106 valence electrons. The van der Waals surface area contributed by atoms with E-state index in [-0.39, 0.29) is 0 Å². The second-order valence-corrected chi connectivity index (χ2v) is 6.53. The zero-order valence-corrected chi connectivity index (χ0v) is 13.1. The number of hydrogen-bond acceptors (Lipinski definition) is 1. The van der Waals surface area contributed by atoms with E-state index in [1.165, 1.54) is 54.5 Å². The Hall–Kier alpha value is -0.820. The lowest BCUT2D eigenvalue weighted by molar-refractivity contribution is 0.247. The molecule has 0 bridgehead atoms. The van der Waals surface area contributed by atoms with Gasteiger partial charge < -0.3 is 5.32 Å². The third-order valence-electron chi connectivity index (χ3n) is 4.84. The van der Waals surface area contributed by atoms with Crippen molar-refractivity contribution in [1.29, 1.82) is 0 Å². The third-order valence-corrected chi connectivity index (χ3v) is 4.84. The summed E-state index contributed by atoms with van der Waals surface area (Å²) >= 11 is 0. The van der Waals surface area contributed by atoms with Gasteiger partial charge in [-0.3, -0.25) is 0 Å². The monoisotopic (exact) mass is 259 g/mol. The first-order chi connectivity index (χ1) is 9.08. The van der Waals surface area contributed by atoms with Gasteiger partial charge in [0.15, 0.2) is 0 Å². The number of aryl methyl sites for hydroxylation is 3. The number of benzene rings is 1. The Kier molecular flexibility index (Phi) is 5.04. The summed E-state index contributed by atoms with van der Waals surface area (Å²) in [5, 5.41) is 3.70. The molecule has 0 aliphatic heterocycles. The van der Waals surface area contributed by atoms with Crippen LogP contribution in [-0.2, 0) is 6.54 Å². The second kappa shape index (κ2) is 6.56. The number of rotatable bonds is 4. The Bertz CT molecular complexity index is 399. The molecule has 1 aromatic rings. The van der Waals surface area contributed by atoms with Gasteiger partial charge in [-0.25, -0.2) is 0 Å². The van der Waals surface area contributed by atoms with Crippen LogP contribution in [0.1, 0.15) is 54.9 Å². The average molecular weight is 259 g/mol. The van der Waals surface area contributed by atoms with E-state index in [4.69, 9.17) is 0 Å². The van der Waals surface area contributed by atoms with Crippen molar-refractivity contribution in [3.63, 3.8) is 0 Å². The predicted molar refractivity (Wildman–Crippen MR) is 83.5 cm³/mol. The van der Waals surface area contributed by atoms with Gasteiger partial charge in [0, 0.05) is 6.54 Å². The quantitative estimate of drug-likeness (QED) is 0.838. The number of hydrogen-bond donors (Lipinski definition) is 1. The molecule has 1 fully saturated rings. The summed E-state index contributed by atoms with van der Waals surface area (Å²) in [4.78, 5) is 0. The summed E-state index contributed by atoms with van der Waals surface area (Å²) in [6, 6.07) is 4.60. The van der Waals surface area contributed by atoms with Gasteiger partial charge in [-0.1, -0.05) is 43.9 Å². The van der Waals surface area contributed by atoms with E-state index in [2.05, 4.69) is 45.1 Å².